The number of nitrogens with one attached hydrogen (secondary N) is 1. The minimum Gasteiger partial charge on any atom is -0.337 e. The maximum absolute atomic E-state index is 4.02. The Labute approximate surface area is 51.8 Å². The molecule has 0 aliphatic rings. The topological polar surface area (TPSA) is 41.6 Å². The highest BCUT2D eigenvalue weighted by Crippen LogP contribution is 2.01. The molecule has 0 amide bonds. The minimum atomic E-state index is 0.789. The summed E-state index contributed by atoms with van der Waals surface area (Å²) in [6.45, 7) is 0. The number of nitrogens with zero attached hydrogens (tertiary/aromatic N) is 2. The molecule has 1 N–H and O–H groups in total. The molecule has 0 spiro atoms. The van der Waals surface area contributed by atoms with Gasteiger partial charge in [0.05, 0.1) is 6.20 Å². The van der Waals surface area contributed by atoms with Crippen molar-refractivity contribution in [2.24, 2.45) is 0 Å². The van der Waals surface area contributed by atoms with E-state index in [0.29, 0.717) is 0 Å². The molecule has 0 aliphatic carbocycles. The van der Waals surface area contributed by atoms with Crippen LogP contribution in [0, 0.1) is 6.20 Å². The lowest BCUT2D eigenvalue weighted by atomic mass is 10.5. The second kappa shape index (κ2) is 1.55. The van der Waals surface area contributed by atoms with Crippen molar-refractivity contribution in [3.05, 3.63) is 24.7 Å². The molecule has 3 heteroatoms. The van der Waals surface area contributed by atoms with E-state index < -0.39 is 0 Å². The highest BCUT2D eigenvalue weighted by atomic mass is 14.9. The van der Waals surface area contributed by atoms with Gasteiger partial charge in [-0.3, -0.25) is 4.98 Å². The molecule has 0 saturated carbocycles. The van der Waals surface area contributed by atoms with Crippen molar-refractivity contribution in [2.75, 3.05) is 0 Å². The third-order valence-corrected chi connectivity index (χ3v) is 1.13. The van der Waals surface area contributed by atoms with Crippen molar-refractivity contribution in [1.82, 2.24) is 15.0 Å². The maximum atomic E-state index is 4.02. The number of hydrogen-bond acceptors (Lipinski definition) is 2. The number of aromatic amines is 1. The van der Waals surface area contributed by atoms with Gasteiger partial charge in [0, 0.05) is 12.4 Å². The third-order valence-electron chi connectivity index (χ3n) is 1.13. The monoisotopic (exact) mass is 118 g/mol. The first kappa shape index (κ1) is 4.49. The van der Waals surface area contributed by atoms with Crippen LogP contribution in [0.25, 0.3) is 11.2 Å². The Bertz CT molecular complexity index is 282. The van der Waals surface area contributed by atoms with E-state index in [2.05, 4.69) is 21.1 Å². The Morgan fingerprint density at radius 1 is 1.33 bits per heavy atom. The molecule has 0 saturated heterocycles. The second-order valence-electron chi connectivity index (χ2n) is 1.70. The summed E-state index contributed by atoms with van der Waals surface area (Å²) in [4.78, 5) is 10.8. The van der Waals surface area contributed by atoms with Gasteiger partial charge in [0.25, 0.3) is 0 Å². The Hall–Kier alpha value is -1.38. The first-order valence-corrected chi connectivity index (χ1v) is 2.62. The Morgan fingerprint density at radius 3 is 3.11 bits per heavy atom. The number of hydrogen-bond donors (Lipinski definition) is 1. The zero-order chi connectivity index (χ0) is 6.10. The molecule has 2 rings (SSSR count). The highest BCUT2D eigenvalue weighted by molar-refractivity contribution is 5.68. The van der Waals surface area contributed by atoms with Crippen LogP contribution < -0.4 is 0 Å². The second-order valence-corrected chi connectivity index (χ2v) is 1.70. The fourth-order valence-electron chi connectivity index (χ4n) is 0.724. The highest BCUT2D eigenvalue weighted by Gasteiger charge is 1.90. The predicted octanol–water partition coefficient (Wildman–Crippen LogP) is 0.758. The van der Waals surface area contributed by atoms with Gasteiger partial charge in [-0.15, -0.1) is 0 Å². The molecule has 0 aromatic carbocycles. The molecule has 0 bridgehead atoms. The van der Waals surface area contributed by atoms with Gasteiger partial charge in [0.1, 0.15) is 5.52 Å². The number of aromatic nitrogens is 3. The lowest BCUT2D eigenvalue weighted by molar-refractivity contribution is 1.26. The van der Waals surface area contributed by atoms with Crippen molar-refractivity contribution in [3.8, 4) is 0 Å². The Kier molecular flexibility index (Phi) is 0.773. The number of H-pyrrole nitrogens is 1. The first-order chi connectivity index (χ1) is 4.47. The van der Waals surface area contributed by atoms with Crippen LogP contribution in [0.1, 0.15) is 0 Å². The van der Waals surface area contributed by atoms with Crippen molar-refractivity contribution < 1.29 is 0 Å². The van der Waals surface area contributed by atoms with Gasteiger partial charge in [-0.1, -0.05) is 0 Å². The molecule has 2 aromatic heterocycles. The van der Waals surface area contributed by atoms with Gasteiger partial charge in [0.2, 0.25) is 0 Å². The van der Waals surface area contributed by atoms with Crippen LogP contribution in [-0.2, 0) is 0 Å². The smallest absolute Gasteiger partial charge is 0.156 e. The van der Waals surface area contributed by atoms with Gasteiger partial charge in [-0.25, -0.2) is 4.98 Å². The quantitative estimate of drug-likeness (QED) is 0.554. The van der Waals surface area contributed by atoms with Crippen LogP contribution >= 0.6 is 0 Å². The van der Waals surface area contributed by atoms with Crippen LogP contribution in [-0.4, -0.2) is 15.0 Å². The van der Waals surface area contributed by atoms with E-state index in [1.165, 1.54) is 0 Å². The summed E-state index contributed by atoms with van der Waals surface area (Å²) < 4.78 is 0. The average Bonchev–Trinajstić information content (AvgIpc) is 2.33. The summed E-state index contributed by atoms with van der Waals surface area (Å²) in [5.74, 6) is 0. The summed E-state index contributed by atoms with van der Waals surface area (Å²) in [5, 5.41) is 0. The van der Waals surface area contributed by atoms with E-state index in [9.17, 15) is 0 Å². The molecule has 0 atom stereocenters. The summed E-state index contributed by atoms with van der Waals surface area (Å²) in [6.07, 6.45) is 6.09. The van der Waals surface area contributed by atoms with Gasteiger partial charge in [-0.2, -0.15) is 0 Å². The zero-order valence-corrected chi connectivity index (χ0v) is 4.63. The van der Waals surface area contributed by atoms with Crippen LogP contribution in [0.2, 0.25) is 0 Å². The number of rotatable bonds is 0. The maximum Gasteiger partial charge on any atom is 0.156 e. The molecule has 1 radical (unpaired) electrons. The van der Waals surface area contributed by atoms with Crippen LogP contribution in [0.15, 0.2) is 18.5 Å². The van der Waals surface area contributed by atoms with Gasteiger partial charge in [0.15, 0.2) is 5.65 Å². The summed E-state index contributed by atoms with van der Waals surface area (Å²) in [7, 11) is 0. The van der Waals surface area contributed by atoms with Crippen molar-refractivity contribution in [3.63, 3.8) is 0 Å². The molecule has 3 nitrogen and oxygen atoms in total. The van der Waals surface area contributed by atoms with Gasteiger partial charge in [-0.05, 0) is 6.07 Å². The van der Waals surface area contributed by atoms with E-state index in [-0.39, 0.29) is 0 Å². The normalized spacial score (nSPS) is 10.2. The van der Waals surface area contributed by atoms with E-state index in [1.807, 2.05) is 0 Å². The molecule has 0 fully saturated rings. The fourth-order valence-corrected chi connectivity index (χ4v) is 0.724. The van der Waals surface area contributed by atoms with Crippen molar-refractivity contribution in [2.45, 2.75) is 0 Å². The molecule has 0 aliphatic heterocycles. The molecule has 2 heterocycles. The molecular weight excluding hydrogens is 114 g/mol. The molecular formula is C6H4N3. The Balaban J connectivity index is 2.95. The zero-order valence-electron chi connectivity index (χ0n) is 4.63. The van der Waals surface area contributed by atoms with Crippen LogP contribution in [0.3, 0.4) is 0 Å². The summed E-state index contributed by atoms with van der Waals surface area (Å²) >= 11 is 0. The van der Waals surface area contributed by atoms with Crippen molar-refractivity contribution >= 4 is 11.2 Å². The SMILES string of the molecule is [c]1cc2nccnc2[nH]1. The molecule has 0 unspecified atom stereocenters. The average molecular weight is 118 g/mol. The molecule has 2 aromatic rings. The largest absolute Gasteiger partial charge is 0.337 e. The summed E-state index contributed by atoms with van der Waals surface area (Å²) in [5.41, 5.74) is 1.65. The predicted molar refractivity (Wildman–Crippen MR) is 32.7 cm³/mol. The number of fused-ring (bicyclic) bond motifs is 1. The summed E-state index contributed by atoms with van der Waals surface area (Å²) in [6, 6.07) is 1.77. The van der Waals surface area contributed by atoms with Gasteiger partial charge < -0.3 is 4.98 Å². The molecule has 9 heavy (non-hydrogen) atoms. The third kappa shape index (κ3) is 0.579. The standard InChI is InChI=1S/C6H4N3/c1-2-8-6-5(1)7-3-4-9-6/h1,3-4H,(H,8,9). The van der Waals surface area contributed by atoms with E-state index >= 15 is 0 Å². The van der Waals surface area contributed by atoms with Gasteiger partial charge >= 0.3 is 0 Å². The minimum absolute atomic E-state index is 0.789. The first-order valence-electron chi connectivity index (χ1n) is 2.62. The van der Waals surface area contributed by atoms with Crippen molar-refractivity contribution in [1.29, 1.82) is 0 Å². The van der Waals surface area contributed by atoms with Crippen LogP contribution in [0.5, 0.6) is 0 Å². The van der Waals surface area contributed by atoms with E-state index in [1.54, 1.807) is 18.5 Å². The lowest BCUT2D eigenvalue weighted by Gasteiger charge is -1.81. The van der Waals surface area contributed by atoms with Crippen LogP contribution in [0.4, 0.5) is 0 Å². The Morgan fingerprint density at radius 2 is 2.22 bits per heavy atom. The molecule has 43 valence electrons. The van der Waals surface area contributed by atoms with E-state index in [0.717, 1.165) is 11.2 Å². The fraction of sp³-hybridized carbons (Fsp3) is 0. The lowest BCUT2D eigenvalue weighted by Crippen LogP contribution is -1.75. The van der Waals surface area contributed by atoms with E-state index in [4.69, 9.17) is 0 Å².